The van der Waals surface area contributed by atoms with E-state index >= 15 is 0 Å². The van der Waals surface area contributed by atoms with Crippen LogP contribution in [0.1, 0.15) is 47.0 Å². The first-order valence-electron chi connectivity index (χ1n) is 13.9. The Morgan fingerprint density at radius 3 is 2.64 bits per heavy atom. The van der Waals surface area contributed by atoms with Crippen molar-refractivity contribution < 1.29 is 23.8 Å². The van der Waals surface area contributed by atoms with Gasteiger partial charge in [0, 0.05) is 36.1 Å². The number of nitrogens with zero attached hydrogens (tertiary/aromatic N) is 5. The summed E-state index contributed by atoms with van der Waals surface area (Å²) in [5.74, 6) is 1.75. The Morgan fingerprint density at radius 2 is 1.95 bits per heavy atom. The molecule has 0 unspecified atom stereocenters. The number of nitrogens with one attached hydrogen (secondary N) is 2. The van der Waals surface area contributed by atoms with E-state index in [-0.39, 0.29) is 18.2 Å². The number of rotatable bonds is 7. The van der Waals surface area contributed by atoms with E-state index in [0.717, 1.165) is 28.6 Å². The van der Waals surface area contributed by atoms with E-state index < -0.39 is 17.7 Å². The van der Waals surface area contributed by atoms with Crippen LogP contribution in [0, 0.1) is 11.3 Å². The maximum absolute atomic E-state index is 13.1. The summed E-state index contributed by atoms with van der Waals surface area (Å²) in [6.07, 6.45) is 3.82. The Balaban J connectivity index is 1.18. The van der Waals surface area contributed by atoms with Gasteiger partial charge >= 0.3 is 6.09 Å². The van der Waals surface area contributed by atoms with Crippen LogP contribution in [0.3, 0.4) is 0 Å². The number of likely N-dealkylation sites (tertiary alicyclic amines) is 1. The number of hydrogen-bond donors (Lipinski definition) is 2. The molecule has 12 nitrogen and oxygen atoms in total. The highest BCUT2D eigenvalue weighted by atomic mass is 79.9. The van der Waals surface area contributed by atoms with E-state index in [2.05, 4.69) is 25.9 Å². The van der Waals surface area contributed by atoms with Gasteiger partial charge in [-0.05, 0) is 80.9 Å². The third-order valence-electron chi connectivity index (χ3n) is 7.46. The molecule has 2 aromatic heterocycles. The topological polar surface area (TPSA) is 139 Å². The minimum atomic E-state index is -0.618. The second-order valence-corrected chi connectivity index (χ2v) is 13.5. The monoisotopic (exact) mass is 661 g/mol. The van der Waals surface area contributed by atoms with Crippen LogP contribution in [0.15, 0.2) is 33.0 Å². The SMILES string of the molecule is C[C@@H](C(=O)N1CCC(CCn2cnc(=N)c3[nH]c(Sc4cc5c(cc4Br)OCO5)nc32)CC1)N(C)C(=O)OC(C)(C)C. The van der Waals surface area contributed by atoms with Crippen LogP contribution < -0.4 is 15.0 Å². The summed E-state index contributed by atoms with van der Waals surface area (Å²) in [5.41, 5.74) is 0.789. The van der Waals surface area contributed by atoms with E-state index in [9.17, 15) is 9.59 Å². The summed E-state index contributed by atoms with van der Waals surface area (Å²) >= 11 is 5.03. The van der Waals surface area contributed by atoms with Crippen molar-refractivity contribution in [3.63, 3.8) is 0 Å². The fourth-order valence-electron chi connectivity index (χ4n) is 4.94. The molecule has 0 radical (unpaired) electrons. The number of aryl methyl sites for hydroxylation is 1. The number of hydrogen-bond acceptors (Lipinski definition) is 9. The molecule has 1 saturated heterocycles. The minimum Gasteiger partial charge on any atom is -0.454 e. The molecule has 0 aliphatic carbocycles. The third-order valence-corrected chi connectivity index (χ3v) is 9.32. The number of H-pyrrole nitrogens is 1. The van der Waals surface area contributed by atoms with E-state index in [1.54, 1.807) is 41.1 Å². The Morgan fingerprint density at radius 1 is 1.26 bits per heavy atom. The first-order valence-corrected chi connectivity index (χ1v) is 15.5. The van der Waals surface area contributed by atoms with Crippen molar-refractivity contribution >= 4 is 50.9 Å². The Labute approximate surface area is 256 Å². The standard InChI is InChI=1S/C28H36BrN7O5S/c1-16(34(5)27(38)41-28(2,3)4)25(37)35-9-6-17(7-10-35)8-11-36-14-31-23(30)22-24(36)33-26(32-22)42-21-13-20-19(12-18(21)29)39-15-40-20/h12-14,16-17,30H,6-11,15H2,1-5H3,(H,32,33)/t16-/m0/s1. The van der Waals surface area contributed by atoms with Gasteiger partial charge in [-0.2, -0.15) is 0 Å². The first kappa shape index (κ1) is 30.2. The number of piperidine rings is 1. The molecule has 2 amide bonds. The molecule has 0 bridgehead atoms. The number of imidazole rings is 1. The highest BCUT2D eigenvalue weighted by Gasteiger charge is 2.32. The molecule has 1 fully saturated rings. The first-order chi connectivity index (χ1) is 19.9. The largest absolute Gasteiger partial charge is 0.454 e. The molecule has 1 aromatic carbocycles. The fourth-order valence-corrected chi connectivity index (χ4v) is 6.32. The lowest BCUT2D eigenvalue weighted by Gasteiger charge is -2.36. The summed E-state index contributed by atoms with van der Waals surface area (Å²) in [4.78, 5) is 42.0. The molecule has 2 aliphatic rings. The van der Waals surface area contributed by atoms with Crippen molar-refractivity contribution in [3.8, 4) is 11.5 Å². The van der Waals surface area contributed by atoms with Gasteiger partial charge in [0.1, 0.15) is 17.2 Å². The van der Waals surface area contributed by atoms with Crippen molar-refractivity contribution in [1.82, 2.24) is 29.3 Å². The molecule has 14 heteroatoms. The maximum atomic E-state index is 13.1. The van der Waals surface area contributed by atoms with E-state index in [0.29, 0.717) is 53.4 Å². The summed E-state index contributed by atoms with van der Waals surface area (Å²) in [7, 11) is 1.60. The summed E-state index contributed by atoms with van der Waals surface area (Å²) in [5, 5.41) is 8.95. The molecule has 226 valence electrons. The Kier molecular flexibility index (Phi) is 8.74. The summed E-state index contributed by atoms with van der Waals surface area (Å²) in [6, 6.07) is 3.19. The van der Waals surface area contributed by atoms with Crippen LogP contribution in [0.4, 0.5) is 4.79 Å². The fraction of sp³-hybridized carbons (Fsp3) is 0.536. The van der Waals surface area contributed by atoms with Crippen LogP contribution in [0.2, 0.25) is 0 Å². The number of ether oxygens (including phenoxy) is 3. The van der Waals surface area contributed by atoms with Crippen molar-refractivity contribution in [2.75, 3.05) is 26.9 Å². The van der Waals surface area contributed by atoms with Crippen LogP contribution in [0.25, 0.3) is 11.2 Å². The number of carbonyl (C=O) groups is 2. The predicted molar refractivity (Wildman–Crippen MR) is 160 cm³/mol. The van der Waals surface area contributed by atoms with Gasteiger partial charge in [-0.25, -0.2) is 14.8 Å². The summed E-state index contributed by atoms with van der Waals surface area (Å²) in [6.45, 7) is 9.35. The molecular weight excluding hydrogens is 626 g/mol. The highest BCUT2D eigenvalue weighted by Crippen LogP contribution is 2.42. The van der Waals surface area contributed by atoms with E-state index in [4.69, 9.17) is 24.6 Å². The average Bonchev–Trinajstić information content (AvgIpc) is 3.58. The van der Waals surface area contributed by atoms with E-state index in [1.165, 1.54) is 16.7 Å². The molecule has 2 aliphatic heterocycles. The molecule has 0 saturated carbocycles. The molecule has 5 rings (SSSR count). The van der Waals surface area contributed by atoms with Gasteiger partial charge in [-0.3, -0.25) is 15.1 Å². The number of aromatic amines is 1. The molecule has 2 N–H and O–H groups in total. The van der Waals surface area contributed by atoms with Gasteiger partial charge in [-0.15, -0.1) is 0 Å². The average molecular weight is 663 g/mol. The van der Waals surface area contributed by atoms with Gasteiger partial charge in [-0.1, -0.05) is 11.8 Å². The van der Waals surface area contributed by atoms with E-state index in [1.807, 2.05) is 21.6 Å². The van der Waals surface area contributed by atoms with Crippen molar-refractivity contribution in [3.05, 3.63) is 28.4 Å². The second kappa shape index (κ2) is 12.2. The molecule has 1 atom stereocenters. The smallest absolute Gasteiger partial charge is 0.410 e. The zero-order valence-corrected chi connectivity index (χ0v) is 26.8. The molecule has 0 spiro atoms. The van der Waals surface area contributed by atoms with Crippen molar-refractivity contribution in [1.29, 1.82) is 5.41 Å². The van der Waals surface area contributed by atoms with Crippen molar-refractivity contribution in [2.24, 2.45) is 5.92 Å². The lowest BCUT2D eigenvalue weighted by molar-refractivity contribution is -0.137. The van der Waals surface area contributed by atoms with Crippen LogP contribution in [0.5, 0.6) is 11.5 Å². The number of amides is 2. The second-order valence-electron chi connectivity index (χ2n) is 11.6. The minimum absolute atomic E-state index is 0.0659. The highest BCUT2D eigenvalue weighted by molar-refractivity contribution is 9.10. The van der Waals surface area contributed by atoms with Gasteiger partial charge in [0.2, 0.25) is 12.7 Å². The normalized spacial score (nSPS) is 16.1. The third kappa shape index (κ3) is 6.69. The van der Waals surface area contributed by atoms with Crippen LogP contribution in [-0.2, 0) is 16.1 Å². The summed E-state index contributed by atoms with van der Waals surface area (Å²) < 4.78 is 19.2. The lowest BCUT2D eigenvalue weighted by Crippen LogP contribution is -2.50. The predicted octanol–water partition coefficient (Wildman–Crippen LogP) is 4.77. The Hall–Kier alpha value is -3.26. The number of carbonyl (C=O) groups excluding carboxylic acids is 2. The Bertz CT molecular complexity index is 1540. The van der Waals surface area contributed by atoms with Gasteiger partial charge < -0.3 is 28.7 Å². The number of benzene rings is 1. The number of likely N-dealkylation sites (N-methyl/N-ethyl adjacent to an activating group) is 1. The maximum Gasteiger partial charge on any atom is 0.410 e. The lowest BCUT2D eigenvalue weighted by atomic mass is 9.93. The molecule has 3 aromatic rings. The van der Waals surface area contributed by atoms with Crippen molar-refractivity contribution in [2.45, 2.75) is 75.2 Å². The zero-order chi connectivity index (χ0) is 30.2. The van der Waals surface area contributed by atoms with Crippen LogP contribution >= 0.6 is 27.7 Å². The quantitative estimate of drug-likeness (QED) is 0.369. The molecule has 42 heavy (non-hydrogen) atoms. The number of halogens is 1. The van der Waals surface area contributed by atoms with Gasteiger partial charge in [0.15, 0.2) is 27.8 Å². The zero-order valence-electron chi connectivity index (χ0n) is 24.4. The van der Waals surface area contributed by atoms with Gasteiger partial charge in [0.05, 0.1) is 6.33 Å². The molecular formula is C28H36BrN7O5S. The molecule has 4 heterocycles. The number of fused-ring (bicyclic) bond motifs is 2. The van der Waals surface area contributed by atoms with Gasteiger partial charge in [0.25, 0.3) is 0 Å². The number of aromatic nitrogens is 4. The van der Waals surface area contributed by atoms with Crippen LogP contribution in [-0.4, -0.2) is 79.9 Å².